The molecule has 2 fully saturated rings. The standard InChI is InChI=1S/C16H25N3/c17-13-14-5-1-4-8-16(14)19-11-9-18(10-12-19)15-6-2-3-7-15/h1,4-5,8,15H,2-3,6-7,9-13,17H2. The summed E-state index contributed by atoms with van der Waals surface area (Å²) in [4.78, 5) is 5.21. The minimum Gasteiger partial charge on any atom is -0.369 e. The summed E-state index contributed by atoms with van der Waals surface area (Å²) in [5, 5.41) is 0. The van der Waals surface area contributed by atoms with E-state index in [2.05, 4.69) is 34.1 Å². The van der Waals surface area contributed by atoms with Crippen LogP contribution in [0.4, 0.5) is 5.69 Å². The van der Waals surface area contributed by atoms with Gasteiger partial charge in [0.2, 0.25) is 0 Å². The molecular weight excluding hydrogens is 234 g/mol. The van der Waals surface area contributed by atoms with Crippen LogP contribution in [0.1, 0.15) is 31.2 Å². The number of anilines is 1. The van der Waals surface area contributed by atoms with E-state index in [1.807, 2.05) is 0 Å². The van der Waals surface area contributed by atoms with Gasteiger partial charge >= 0.3 is 0 Å². The van der Waals surface area contributed by atoms with Crippen molar-refractivity contribution in [1.29, 1.82) is 0 Å². The van der Waals surface area contributed by atoms with Gasteiger partial charge in [0.25, 0.3) is 0 Å². The highest BCUT2D eigenvalue weighted by molar-refractivity contribution is 5.54. The summed E-state index contributed by atoms with van der Waals surface area (Å²) < 4.78 is 0. The zero-order valence-electron chi connectivity index (χ0n) is 11.7. The Kier molecular flexibility index (Phi) is 4.04. The Morgan fingerprint density at radius 3 is 2.37 bits per heavy atom. The third kappa shape index (κ3) is 2.77. The molecular formula is C16H25N3. The fourth-order valence-corrected chi connectivity index (χ4v) is 3.59. The Morgan fingerprint density at radius 2 is 1.68 bits per heavy atom. The van der Waals surface area contributed by atoms with Gasteiger partial charge in [-0.25, -0.2) is 0 Å². The molecule has 0 radical (unpaired) electrons. The summed E-state index contributed by atoms with van der Waals surface area (Å²) >= 11 is 0. The maximum absolute atomic E-state index is 5.85. The van der Waals surface area contributed by atoms with E-state index in [4.69, 9.17) is 5.73 Å². The van der Waals surface area contributed by atoms with E-state index in [1.165, 1.54) is 50.0 Å². The molecule has 0 aromatic heterocycles. The molecule has 3 rings (SSSR count). The molecule has 0 spiro atoms. The van der Waals surface area contributed by atoms with Gasteiger partial charge in [0.05, 0.1) is 0 Å². The molecule has 0 bridgehead atoms. The summed E-state index contributed by atoms with van der Waals surface area (Å²) in [5.74, 6) is 0. The van der Waals surface area contributed by atoms with Crippen LogP contribution in [0, 0.1) is 0 Å². The lowest BCUT2D eigenvalue weighted by atomic mass is 10.1. The number of hydrogen-bond donors (Lipinski definition) is 1. The summed E-state index contributed by atoms with van der Waals surface area (Å²) in [6, 6.07) is 9.44. The van der Waals surface area contributed by atoms with E-state index in [0.29, 0.717) is 6.54 Å². The monoisotopic (exact) mass is 259 g/mol. The Morgan fingerprint density at radius 1 is 1.00 bits per heavy atom. The second-order valence-corrected chi connectivity index (χ2v) is 5.79. The van der Waals surface area contributed by atoms with Crippen molar-refractivity contribution < 1.29 is 0 Å². The smallest absolute Gasteiger partial charge is 0.0412 e. The largest absolute Gasteiger partial charge is 0.369 e. The zero-order valence-corrected chi connectivity index (χ0v) is 11.7. The maximum Gasteiger partial charge on any atom is 0.0412 e. The van der Waals surface area contributed by atoms with E-state index in [9.17, 15) is 0 Å². The van der Waals surface area contributed by atoms with Gasteiger partial charge in [-0.1, -0.05) is 31.0 Å². The Hall–Kier alpha value is -1.06. The molecule has 1 aromatic carbocycles. The quantitative estimate of drug-likeness (QED) is 0.903. The minimum absolute atomic E-state index is 0.638. The normalized spacial score (nSPS) is 22.1. The van der Waals surface area contributed by atoms with E-state index < -0.39 is 0 Å². The van der Waals surface area contributed by atoms with Gasteiger partial charge < -0.3 is 10.6 Å². The first-order chi connectivity index (χ1) is 9.38. The minimum atomic E-state index is 0.638. The van der Waals surface area contributed by atoms with Crippen molar-refractivity contribution in [2.75, 3.05) is 31.1 Å². The Bertz CT molecular complexity index is 404. The van der Waals surface area contributed by atoms with Crippen LogP contribution in [-0.2, 0) is 6.54 Å². The molecule has 3 nitrogen and oxygen atoms in total. The highest BCUT2D eigenvalue weighted by atomic mass is 15.3. The van der Waals surface area contributed by atoms with E-state index in [1.54, 1.807) is 0 Å². The third-order valence-corrected chi connectivity index (χ3v) is 4.71. The molecule has 1 saturated carbocycles. The van der Waals surface area contributed by atoms with Crippen LogP contribution in [0.5, 0.6) is 0 Å². The second kappa shape index (κ2) is 5.93. The lowest BCUT2D eigenvalue weighted by molar-refractivity contribution is 0.187. The van der Waals surface area contributed by atoms with Crippen LogP contribution in [-0.4, -0.2) is 37.1 Å². The lowest BCUT2D eigenvalue weighted by Gasteiger charge is -2.39. The van der Waals surface area contributed by atoms with E-state index in [0.717, 1.165) is 19.1 Å². The first-order valence-electron chi connectivity index (χ1n) is 7.65. The molecule has 0 unspecified atom stereocenters. The van der Waals surface area contributed by atoms with Crippen molar-refractivity contribution in [2.24, 2.45) is 5.73 Å². The highest BCUT2D eigenvalue weighted by Crippen LogP contribution is 2.26. The number of hydrogen-bond acceptors (Lipinski definition) is 3. The Balaban J connectivity index is 1.63. The fourth-order valence-electron chi connectivity index (χ4n) is 3.59. The molecule has 2 N–H and O–H groups in total. The number of nitrogens with two attached hydrogens (primary N) is 1. The number of benzene rings is 1. The van der Waals surface area contributed by atoms with E-state index >= 15 is 0 Å². The van der Waals surface area contributed by atoms with Gasteiger partial charge in [-0.15, -0.1) is 0 Å². The maximum atomic E-state index is 5.85. The van der Waals surface area contributed by atoms with Gasteiger partial charge in [-0.05, 0) is 24.5 Å². The molecule has 2 aliphatic rings. The first kappa shape index (κ1) is 12.9. The van der Waals surface area contributed by atoms with Gasteiger partial charge in [-0.2, -0.15) is 0 Å². The predicted octanol–water partition coefficient (Wildman–Crippen LogP) is 2.21. The highest BCUT2D eigenvalue weighted by Gasteiger charge is 2.26. The fraction of sp³-hybridized carbons (Fsp3) is 0.625. The van der Waals surface area contributed by atoms with Crippen molar-refractivity contribution in [3.05, 3.63) is 29.8 Å². The molecule has 104 valence electrons. The van der Waals surface area contributed by atoms with Gasteiger partial charge in [0.1, 0.15) is 0 Å². The lowest BCUT2D eigenvalue weighted by Crippen LogP contribution is -2.50. The van der Waals surface area contributed by atoms with E-state index in [-0.39, 0.29) is 0 Å². The number of para-hydroxylation sites is 1. The van der Waals surface area contributed by atoms with Crippen LogP contribution in [0.3, 0.4) is 0 Å². The van der Waals surface area contributed by atoms with Crippen molar-refractivity contribution in [2.45, 2.75) is 38.3 Å². The van der Waals surface area contributed by atoms with Crippen molar-refractivity contribution in [1.82, 2.24) is 4.90 Å². The molecule has 0 amide bonds. The predicted molar refractivity (Wildman–Crippen MR) is 80.4 cm³/mol. The van der Waals surface area contributed by atoms with Gasteiger partial charge in [0.15, 0.2) is 0 Å². The van der Waals surface area contributed by atoms with Crippen molar-refractivity contribution in [3.8, 4) is 0 Å². The average Bonchev–Trinajstić information content (AvgIpc) is 3.02. The molecule has 1 saturated heterocycles. The molecule has 1 aliphatic carbocycles. The molecule has 19 heavy (non-hydrogen) atoms. The molecule has 1 heterocycles. The summed E-state index contributed by atoms with van der Waals surface area (Å²) in [6.45, 7) is 5.35. The summed E-state index contributed by atoms with van der Waals surface area (Å²) in [5.41, 5.74) is 8.47. The zero-order chi connectivity index (χ0) is 13.1. The number of piperazine rings is 1. The van der Waals surface area contributed by atoms with Crippen molar-refractivity contribution >= 4 is 5.69 Å². The first-order valence-corrected chi connectivity index (χ1v) is 7.65. The van der Waals surface area contributed by atoms with Crippen LogP contribution in [0.15, 0.2) is 24.3 Å². The van der Waals surface area contributed by atoms with Gasteiger partial charge in [-0.3, -0.25) is 4.90 Å². The molecule has 3 heteroatoms. The summed E-state index contributed by atoms with van der Waals surface area (Å²) in [6.07, 6.45) is 5.69. The number of rotatable bonds is 3. The average molecular weight is 259 g/mol. The van der Waals surface area contributed by atoms with Crippen molar-refractivity contribution in [3.63, 3.8) is 0 Å². The molecule has 1 aliphatic heterocycles. The Labute approximate surface area is 116 Å². The van der Waals surface area contributed by atoms with Crippen LogP contribution < -0.4 is 10.6 Å². The van der Waals surface area contributed by atoms with Crippen LogP contribution in [0.25, 0.3) is 0 Å². The molecule has 1 aromatic rings. The number of nitrogens with zero attached hydrogens (tertiary/aromatic N) is 2. The molecule has 0 atom stereocenters. The SMILES string of the molecule is NCc1ccccc1N1CCN(C2CCCC2)CC1. The summed E-state index contributed by atoms with van der Waals surface area (Å²) in [7, 11) is 0. The van der Waals surface area contributed by atoms with Crippen LogP contribution in [0.2, 0.25) is 0 Å². The van der Waals surface area contributed by atoms with Crippen LogP contribution >= 0.6 is 0 Å². The van der Waals surface area contributed by atoms with Gasteiger partial charge in [0, 0.05) is 44.5 Å². The third-order valence-electron chi connectivity index (χ3n) is 4.71. The topological polar surface area (TPSA) is 32.5 Å². The second-order valence-electron chi connectivity index (χ2n) is 5.79.